The summed E-state index contributed by atoms with van der Waals surface area (Å²) in [5.74, 6) is -0.0284. The largest absolute Gasteiger partial charge is 0.379 e. The van der Waals surface area contributed by atoms with Crippen LogP contribution in [0, 0.1) is 0 Å². The van der Waals surface area contributed by atoms with Crippen LogP contribution in [0.25, 0.3) is 0 Å². The minimum absolute atomic E-state index is 0.0284. The second-order valence-corrected chi connectivity index (χ2v) is 6.01. The van der Waals surface area contributed by atoms with Crippen LogP contribution in [0.4, 0.5) is 0 Å². The predicted octanol–water partition coefficient (Wildman–Crippen LogP) is 2.18. The molecule has 1 amide bonds. The van der Waals surface area contributed by atoms with Crippen molar-refractivity contribution in [2.24, 2.45) is 0 Å². The molecule has 0 bridgehead atoms. The van der Waals surface area contributed by atoms with Crippen molar-refractivity contribution in [1.82, 2.24) is 10.2 Å². The van der Waals surface area contributed by atoms with E-state index < -0.39 is 0 Å². The normalized spacial score (nSPS) is 15.7. The van der Waals surface area contributed by atoms with Crippen LogP contribution in [-0.4, -0.2) is 56.8 Å². The van der Waals surface area contributed by atoms with E-state index in [-0.39, 0.29) is 5.91 Å². The van der Waals surface area contributed by atoms with Gasteiger partial charge in [-0.05, 0) is 30.7 Å². The molecular formula is C16H24N2O3S. The van der Waals surface area contributed by atoms with Crippen LogP contribution in [0.15, 0.2) is 29.2 Å². The van der Waals surface area contributed by atoms with Crippen molar-refractivity contribution in [3.63, 3.8) is 0 Å². The molecule has 1 aromatic carbocycles. The molecule has 0 unspecified atom stereocenters. The van der Waals surface area contributed by atoms with Gasteiger partial charge in [-0.25, -0.2) is 0 Å². The third kappa shape index (κ3) is 5.96. The topological polar surface area (TPSA) is 50.8 Å². The molecule has 0 atom stereocenters. The number of ether oxygens (including phenoxy) is 1. The summed E-state index contributed by atoms with van der Waals surface area (Å²) in [6, 6.07) is 7.50. The van der Waals surface area contributed by atoms with E-state index in [4.69, 9.17) is 8.92 Å². The van der Waals surface area contributed by atoms with Crippen molar-refractivity contribution in [3.05, 3.63) is 29.8 Å². The highest BCUT2D eigenvalue weighted by Crippen LogP contribution is 2.19. The van der Waals surface area contributed by atoms with E-state index in [0.29, 0.717) is 12.1 Å². The SMILES string of the molecule is CCCOSc1ccc(C(=O)NCCN2CCOCC2)cc1. The predicted molar refractivity (Wildman–Crippen MR) is 88.1 cm³/mol. The lowest BCUT2D eigenvalue weighted by Gasteiger charge is -2.26. The third-order valence-corrected chi connectivity index (χ3v) is 4.13. The molecule has 122 valence electrons. The smallest absolute Gasteiger partial charge is 0.251 e. The molecule has 1 aliphatic heterocycles. The van der Waals surface area contributed by atoms with Crippen molar-refractivity contribution < 1.29 is 13.7 Å². The van der Waals surface area contributed by atoms with Gasteiger partial charge in [0.05, 0.1) is 19.8 Å². The first-order valence-electron chi connectivity index (χ1n) is 7.77. The molecule has 0 aliphatic carbocycles. The average Bonchev–Trinajstić information content (AvgIpc) is 2.56. The van der Waals surface area contributed by atoms with Gasteiger partial charge in [0.15, 0.2) is 0 Å². The Morgan fingerprint density at radius 2 is 2.05 bits per heavy atom. The van der Waals surface area contributed by atoms with Gasteiger partial charge in [0.2, 0.25) is 0 Å². The van der Waals surface area contributed by atoms with Crippen molar-refractivity contribution >= 4 is 17.9 Å². The number of carbonyl (C=O) groups is 1. The van der Waals surface area contributed by atoms with Gasteiger partial charge in [-0.3, -0.25) is 9.69 Å². The fourth-order valence-corrected chi connectivity index (χ4v) is 2.74. The van der Waals surface area contributed by atoms with Gasteiger partial charge in [0.1, 0.15) is 0 Å². The fourth-order valence-electron chi connectivity index (χ4n) is 2.11. The Labute approximate surface area is 136 Å². The van der Waals surface area contributed by atoms with Crippen LogP contribution >= 0.6 is 12.0 Å². The molecule has 6 heteroatoms. The van der Waals surface area contributed by atoms with Crippen LogP contribution in [0.3, 0.4) is 0 Å². The molecular weight excluding hydrogens is 300 g/mol. The Bertz CT molecular complexity index is 447. The van der Waals surface area contributed by atoms with Gasteiger partial charge in [0, 0.05) is 48.7 Å². The summed E-state index contributed by atoms with van der Waals surface area (Å²) < 4.78 is 10.7. The lowest BCUT2D eigenvalue weighted by Crippen LogP contribution is -2.41. The highest BCUT2D eigenvalue weighted by atomic mass is 32.2. The molecule has 0 spiro atoms. The Kier molecular flexibility index (Phi) is 7.73. The van der Waals surface area contributed by atoms with Gasteiger partial charge in [-0.2, -0.15) is 0 Å². The van der Waals surface area contributed by atoms with Crippen LogP contribution in [-0.2, 0) is 8.92 Å². The Morgan fingerprint density at radius 1 is 1.32 bits per heavy atom. The van der Waals surface area contributed by atoms with Gasteiger partial charge in [0.25, 0.3) is 5.91 Å². The standard InChI is InChI=1S/C16H24N2O3S/c1-2-11-21-22-15-5-3-14(4-6-15)16(19)17-7-8-18-9-12-20-13-10-18/h3-6H,2,7-13H2,1H3,(H,17,19). The molecule has 0 radical (unpaired) electrons. The number of hydrogen-bond donors (Lipinski definition) is 1. The first kappa shape index (κ1) is 17.3. The fraction of sp³-hybridized carbons (Fsp3) is 0.562. The summed E-state index contributed by atoms with van der Waals surface area (Å²) in [7, 11) is 0. The summed E-state index contributed by atoms with van der Waals surface area (Å²) >= 11 is 1.35. The zero-order valence-corrected chi connectivity index (χ0v) is 13.9. The molecule has 22 heavy (non-hydrogen) atoms. The summed E-state index contributed by atoms with van der Waals surface area (Å²) in [6.45, 7) is 7.79. The van der Waals surface area contributed by atoms with Crippen LogP contribution < -0.4 is 5.32 Å². The monoisotopic (exact) mass is 324 g/mol. The quantitative estimate of drug-likeness (QED) is 0.587. The molecule has 1 fully saturated rings. The number of nitrogens with one attached hydrogen (secondary N) is 1. The van der Waals surface area contributed by atoms with Crippen molar-refractivity contribution in [1.29, 1.82) is 0 Å². The van der Waals surface area contributed by atoms with E-state index in [0.717, 1.165) is 50.8 Å². The molecule has 1 heterocycles. The number of morpholine rings is 1. The number of carbonyl (C=O) groups excluding carboxylic acids is 1. The summed E-state index contributed by atoms with van der Waals surface area (Å²) in [4.78, 5) is 15.4. The van der Waals surface area contributed by atoms with E-state index in [1.807, 2.05) is 24.3 Å². The zero-order chi connectivity index (χ0) is 15.6. The Morgan fingerprint density at radius 3 is 2.73 bits per heavy atom. The third-order valence-electron chi connectivity index (χ3n) is 3.38. The second-order valence-electron chi connectivity index (χ2n) is 5.14. The minimum Gasteiger partial charge on any atom is -0.379 e. The van der Waals surface area contributed by atoms with Gasteiger partial charge < -0.3 is 14.2 Å². The molecule has 0 saturated carbocycles. The molecule has 5 nitrogen and oxygen atoms in total. The van der Waals surface area contributed by atoms with Crippen LogP contribution in [0.5, 0.6) is 0 Å². The first-order chi connectivity index (χ1) is 10.8. The van der Waals surface area contributed by atoms with Crippen molar-refractivity contribution in [3.8, 4) is 0 Å². The molecule has 1 aromatic rings. The highest BCUT2D eigenvalue weighted by Gasteiger charge is 2.10. The van der Waals surface area contributed by atoms with Gasteiger partial charge >= 0.3 is 0 Å². The maximum Gasteiger partial charge on any atom is 0.251 e. The average molecular weight is 324 g/mol. The molecule has 2 rings (SSSR count). The van der Waals surface area contributed by atoms with Crippen molar-refractivity contribution in [2.45, 2.75) is 18.2 Å². The second kappa shape index (κ2) is 9.84. The maximum absolute atomic E-state index is 12.1. The number of hydrogen-bond acceptors (Lipinski definition) is 5. The van der Waals surface area contributed by atoms with E-state index in [1.165, 1.54) is 12.0 Å². The maximum atomic E-state index is 12.1. The molecule has 1 aliphatic rings. The summed E-state index contributed by atoms with van der Waals surface area (Å²) in [5.41, 5.74) is 0.682. The van der Waals surface area contributed by atoms with Gasteiger partial charge in [-0.1, -0.05) is 6.92 Å². The zero-order valence-electron chi connectivity index (χ0n) is 13.0. The Hall–Kier alpha value is -1.08. The van der Waals surface area contributed by atoms with Crippen LogP contribution in [0.2, 0.25) is 0 Å². The number of benzene rings is 1. The molecule has 0 aromatic heterocycles. The minimum atomic E-state index is -0.0284. The van der Waals surface area contributed by atoms with Gasteiger partial charge in [-0.15, -0.1) is 0 Å². The lowest BCUT2D eigenvalue weighted by molar-refractivity contribution is 0.0383. The van der Waals surface area contributed by atoms with E-state index in [9.17, 15) is 4.79 Å². The molecule has 1 saturated heterocycles. The highest BCUT2D eigenvalue weighted by molar-refractivity contribution is 7.94. The van der Waals surface area contributed by atoms with E-state index in [2.05, 4.69) is 17.1 Å². The van der Waals surface area contributed by atoms with E-state index >= 15 is 0 Å². The Balaban J connectivity index is 1.70. The number of amides is 1. The molecule has 1 N–H and O–H groups in total. The first-order valence-corrected chi connectivity index (χ1v) is 8.51. The number of rotatable bonds is 8. The van der Waals surface area contributed by atoms with E-state index in [1.54, 1.807) is 0 Å². The lowest BCUT2D eigenvalue weighted by atomic mass is 10.2. The summed E-state index contributed by atoms with van der Waals surface area (Å²) in [6.07, 6.45) is 0.997. The summed E-state index contributed by atoms with van der Waals surface area (Å²) in [5, 5.41) is 2.96. The van der Waals surface area contributed by atoms with Crippen molar-refractivity contribution in [2.75, 3.05) is 46.0 Å². The number of nitrogens with zero attached hydrogens (tertiary/aromatic N) is 1. The van der Waals surface area contributed by atoms with Crippen LogP contribution in [0.1, 0.15) is 23.7 Å².